The van der Waals surface area contributed by atoms with Crippen LogP contribution in [0, 0.1) is 0 Å². The number of rotatable bonds is 2. The summed E-state index contributed by atoms with van der Waals surface area (Å²) in [7, 11) is 0. The molecular weight excluding hydrogens is 268 g/mol. The van der Waals surface area contributed by atoms with Crippen LogP contribution in [0.5, 0.6) is 5.75 Å². The molecule has 0 aliphatic rings. The molecule has 1 heterocycles. The van der Waals surface area contributed by atoms with Crippen molar-refractivity contribution in [2.45, 2.75) is 0 Å². The summed E-state index contributed by atoms with van der Waals surface area (Å²) in [4.78, 5) is 7.12. The van der Waals surface area contributed by atoms with E-state index in [1.807, 2.05) is 24.3 Å². The Morgan fingerprint density at radius 2 is 2.12 bits per heavy atom. The molecular formula is C12H10BrN2O+. The fourth-order valence-electron chi connectivity index (χ4n) is 1.24. The number of nitrogens with zero attached hydrogens (tertiary/aromatic N) is 1. The van der Waals surface area contributed by atoms with Gasteiger partial charge in [-0.1, -0.05) is 27.0 Å². The normalized spacial score (nSPS) is 10.8. The molecule has 0 radical (unpaired) electrons. The molecule has 2 N–H and O–H groups in total. The van der Waals surface area contributed by atoms with Crippen molar-refractivity contribution in [2.75, 3.05) is 0 Å². The lowest BCUT2D eigenvalue weighted by Crippen LogP contribution is -2.62. The van der Waals surface area contributed by atoms with Crippen molar-refractivity contribution in [3.05, 3.63) is 52.6 Å². The largest absolute Gasteiger partial charge is 0.507 e. The van der Waals surface area contributed by atoms with Crippen molar-refractivity contribution in [3.8, 4) is 5.75 Å². The minimum Gasteiger partial charge on any atom is -0.507 e. The lowest BCUT2D eigenvalue weighted by Gasteiger charge is -1.96. The summed E-state index contributed by atoms with van der Waals surface area (Å²) in [5.74, 6) is 0.966. The minimum absolute atomic E-state index is 0.228. The number of hydrogen-bond donors (Lipinski definition) is 2. The molecule has 0 saturated carbocycles. The van der Waals surface area contributed by atoms with E-state index in [-0.39, 0.29) is 5.75 Å². The maximum atomic E-state index is 9.60. The van der Waals surface area contributed by atoms with Gasteiger partial charge in [0.1, 0.15) is 11.9 Å². The molecule has 80 valence electrons. The zero-order chi connectivity index (χ0) is 11.4. The van der Waals surface area contributed by atoms with Gasteiger partial charge in [0.25, 0.3) is 0 Å². The Bertz CT molecular complexity index is 512. The average Bonchev–Trinajstić information content (AvgIpc) is 2.32. The van der Waals surface area contributed by atoms with Crippen LogP contribution in [-0.2, 0) is 0 Å². The molecule has 0 spiro atoms. The van der Waals surface area contributed by atoms with Crippen LogP contribution in [0.1, 0.15) is 5.56 Å². The zero-order valence-corrected chi connectivity index (χ0v) is 9.98. The molecule has 0 unspecified atom stereocenters. The smallest absolute Gasteiger partial charge is 0.320 e. The highest BCUT2D eigenvalue weighted by Gasteiger charge is 2.01. The average molecular weight is 278 g/mol. The van der Waals surface area contributed by atoms with Gasteiger partial charge >= 0.3 is 5.82 Å². The predicted molar refractivity (Wildman–Crippen MR) is 65.8 cm³/mol. The van der Waals surface area contributed by atoms with Gasteiger partial charge in [-0.25, -0.2) is 4.99 Å². The number of phenolic OH excluding ortho intramolecular Hbond substituents is 1. The fraction of sp³-hybridized carbons (Fsp3) is 0. The Morgan fingerprint density at radius 3 is 2.88 bits per heavy atom. The van der Waals surface area contributed by atoms with Crippen molar-refractivity contribution in [1.29, 1.82) is 0 Å². The molecule has 1 aromatic heterocycles. The molecule has 0 saturated heterocycles. The van der Waals surface area contributed by atoms with Gasteiger partial charge in [0, 0.05) is 10.5 Å². The molecule has 2 aromatic rings. The predicted octanol–water partition coefficient (Wildman–Crippen LogP) is 1.38. The molecule has 0 atom stereocenters. The molecule has 1 aromatic carbocycles. The van der Waals surface area contributed by atoms with E-state index in [2.05, 4.69) is 25.9 Å². The van der Waals surface area contributed by atoms with Crippen LogP contribution in [0.15, 0.2) is 47.1 Å². The third kappa shape index (κ3) is 2.67. The molecule has 0 fully saturated rings. The highest BCUT2D eigenvalue weighted by molar-refractivity contribution is 9.10. The highest BCUT2D eigenvalue weighted by Crippen LogP contribution is 2.19. The number of aromatic nitrogens is 1. The first-order chi connectivity index (χ1) is 7.75. The second-order valence-corrected chi connectivity index (χ2v) is 4.12. The van der Waals surface area contributed by atoms with Gasteiger partial charge < -0.3 is 5.11 Å². The summed E-state index contributed by atoms with van der Waals surface area (Å²) in [5.41, 5.74) is 0.708. The second kappa shape index (κ2) is 4.90. The lowest BCUT2D eigenvalue weighted by atomic mass is 10.2. The molecule has 3 nitrogen and oxygen atoms in total. The second-order valence-electron chi connectivity index (χ2n) is 3.21. The summed E-state index contributed by atoms with van der Waals surface area (Å²) in [6, 6.07) is 10.8. The number of hydrogen-bond acceptors (Lipinski definition) is 2. The van der Waals surface area contributed by atoms with Crippen LogP contribution in [0.25, 0.3) is 0 Å². The molecule has 0 amide bonds. The Morgan fingerprint density at radius 1 is 1.25 bits per heavy atom. The number of aromatic hydroxyl groups is 1. The van der Waals surface area contributed by atoms with E-state index in [1.54, 1.807) is 24.5 Å². The standard InChI is InChI=1S/C12H9BrN2O/c13-10-4-5-11(16)9(7-10)8-15-12-3-1-2-6-14-12/h1-8,16H/p+1. The molecule has 4 heteroatoms. The van der Waals surface area contributed by atoms with Crippen LogP contribution < -0.4 is 4.99 Å². The summed E-state index contributed by atoms with van der Waals surface area (Å²) in [5, 5.41) is 9.60. The maximum Gasteiger partial charge on any atom is 0.320 e. The number of nitrogens with one attached hydrogen (secondary N) is 1. The Kier molecular flexibility index (Phi) is 3.31. The molecule has 0 aliphatic carbocycles. The monoisotopic (exact) mass is 277 g/mol. The Balaban J connectivity index is 2.27. The van der Waals surface area contributed by atoms with Gasteiger partial charge in [-0.3, -0.25) is 0 Å². The van der Waals surface area contributed by atoms with Crippen LogP contribution in [0.3, 0.4) is 0 Å². The number of halogens is 1. The van der Waals surface area contributed by atoms with Crippen molar-refractivity contribution in [1.82, 2.24) is 4.98 Å². The van der Waals surface area contributed by atoms with Gasteiger partial charge in [0.15, 0.2) is 0 Å². The quantitative estimate of drug-likeness (QED) is 0.815. The Labute approximate surface area is 102 Å². The summed E-state index contributed by atoms with van der Waals surface area (Å²) < 4.78 is 0.916. The SMILES string of the molecule is Oc1ccc(Br)cc1C=[NH+]c1ccccn1. The number of phenols is 1. The van der Waals surface area contributed by atoms with Crippen molar-refractivity contribution < 1.29 is 10.1 Å². The summed E-state index contributed by atoms with van der Waals surface area (Å²) in [6.45, 7) is 0. The number of benzene rings is 1. The van der Waals surface area contributed by atoms with E-state index in [0.29, 0.717) is 5.56 Å². The highest BCUT2D eigenvalue weighted by atomic mass is 79.9. The van der Waals surface area contributed by atoms with Gasteiger partial charge in [0.05, 0.1) is 11.8 Å². The van der Waals surface area contributed by atoms with E-state index < -0.39 is 0 Å². The van der Waals surface area contributed by atoms with Crippen molar-refractivity contribution in [2.24, 2.45) is 0 Å². The molecule has 16 heavy (non-hydrogen) atoms. The number of pyridine rings is 1. The van der Waals surface area contributed by atoms with Crippen LogP contribution in [-0.4, -0.2) is 16.3 Å². The first-order valence-corrected chi connectivity index (χ1v) is 5.54. The van der Waals surface area contributed by atoms with Crippen LogP contribution >= 0.6 is 15.9 Å². The molecule has 0 aliphatic heterocycles. The van der Waals surface area contributed by atoms with Crippen molar-refractivity contribution >= 4 is 28.0 Å². The Hall–Kier alpha value is -1.68. The van der Waals surface area contributed by atoms with Gasteiger partial charge in [-0.05, 0) is 24.3 Å². The third-order valence-electron chi connectivity index (χ3n) is 2.03. The zero-order valence-electron chi connectivity index (χ0n) is 8.39. The first-order valence-electron chi connectivity index (χ1n) is 4.75. The van der Waals surface area contributed by atoms with Crippen LogP contribution in [0.2, 0.25) is 0 Å². The van der Waals surface area contributed by atoms with Gasteiger partial charge in [-0.15, -0.1) is 0 Å². The fourth-order valence-corrected chi connectivity index (χ4v) is 1.62. The van der Waals surface area contributed by atoms with E-state index in [0.717, 1.165) is 10.3 Å². The van der Waals surface area contributed by atoms with Gasteiger partial charge in [-0.2, -0.15) is 0 Å². The first kappa shape index (κ1) is 10.8. The van der Waals surface area contributed by atoms with Crippen LogP contribution in [0.4, 0.5) is 5.82 Å². The summed E-state index contributed by atoms with van der Waals surface area (Å²) >= 11 is 3.35. The van der Waals surface area contributed by atoms with E-state index in [1.165, 1.54) is 0 Å². The minimum atomic E-state index is 0.228. The van der Waals surface area contributed by atoms with E-state index >= 15 is 0 Å². The van der Waals surface area contributed by atoms with E-state index in [9.17, 15) is 5.11 Å². The van der Waals surface area contributed by atoms with Crippen molar-refractivity contribution in [3.63, 3.8) is 0 Å². The molecule has 0 bridgehead atoms. The topological polar surface area (TPSA) is 47.1 Å². The van der Waals surface area contributed by atoms with Gasteiger partial charge in [0.2, 0.25) is 0 Å². The lowest BCUT2D eigenvalue weighted by molar-refractivity contribution is -0.352. The maximum absolute atomic E-state index is 9.60. The summed E-state index contributed by atoms with van der Waals surface area (Å²) in [6.07, 6.45) is 3.42. The third-order valence-corrected chi connectivity index (χ3v) is 2.52. The molecule has 2 rings (SSSR count). The van der Waals surface area contributed by atoms with E-state index in [4.69, 9.17) is 0 Å².